The maximum atomic E-state index is 13.8. The van der Waals surface area contributed by atoms with Crippen LogP contribution in [0.5, 0.6) is 0 Å². The Hall–Kier alpha value is -3.36. The summed E-state index contributed by atoms with van der Waals surface area (Å²) in [5, 5.41) is 3.12. The van der Waals surface area contributed by atoms with Crippen LogP contribution >= 0.6 is 11.6 Å². The normalized spacial score (nSPS) is 12.0. The lowest BCUT2D eigenvalue weighted by molar-refractivity contribution is -0.139. The fourth-order valence-corrected chi connectivity index (χ4v) is 5.13. The monoisotopic (exact) mass is 527 g/mol. The van der Waals surface area contributed by atoms with Crippen LogP contribution in [-0.2, 0) is 32.6 Å². The van der Waals surface area contributed by atoms with Crippen LogP contribution in [-0.4, -0.2) is 51.0 Å². The van der Waals surface area contributed by atoms with E-state index in [1.165, 1.54) is 11.9 Å². The number of benzene rings is 3. The number of sulfonamides is 1. The van der Waals surface area contributed by atoms with Gasteiger partial charge in [-0.3, -0.25) is 13.9 Å². The molecule has 1 N–H and O–H groups in total. The van der Waals surface area contributed by atoms with Crippen molar-refractivity contribution in [3.05, 3.63) is 101 Å². The first-order chi connectivity index (χ1) is 17.1. The molecule has 36 heavy (non-hydrogen) atoms. The van der Waals surface area contributed by atoms with Gasteiger partial charge in [-0.2, -0.15) is 0 Å². The molecule has 0 heterocycles. The Morgan fingerprint density at radius 2 is 1.53 bits per heavy atom. The highest BCUT2D eigenvalue weighted by atomic mass is 35.5. The number of nitrogens with zero attached hydrogens (tertiary/aromatic N) is 2. The van der Waals surface area contributed by atoms with Crippen LogP contribution in [0.3, 0.4) is 0 Å². The summed E-state index contributed by atoms with van der Waals surface area (Å²) in [6, 6.07) is 22.6. The first kappa shape index (κ1) is 27.2. The predicted octanol–water partition coefficient (Wildman–Crippen LogP) is 3.80. The number of likely N-dealkylation sites (N-methyl/N-ethyl adjacent to an activating group) is 1. The number of amides is 2. The van der Waals surface area contributed by atoms with Gasteiger partial charge < -0.3 is 10.2 Å². The Balaban J connectivity index is 2.02. The van der Waals surface area contributed by atoms with E-state index in [1.807, 2.05) is 60.7 Å². The van der Waals surface area contributed by atoms with Crippen molar-refractivity contribution in [3.8, 4) is 0 Å². The largest absolute Gasteiger partial charge is 0.357 e. The summed E-state index contributed by atoms with van der Waals surface area (Å²) in [7, 11) is -2.30. The van der Waals surface area contributed by atoms with E-state index in [0.29, 0.717) is 16.3 Å². The predicted molar refractivity (Wildman–Crippen MR) is 143 cm³/mol. The molecule has 0 unspecified atom stereocenters. The molecule has 0 saturated carbocycles. The highest BCUT2D eigenvalue weighted by molar-refractivity contribution is 7.92. The van der Waals surface area contributed by atoms with Crippen molar-refractivity contribution >= 4 is 39.1 Å². The van der Waals surface area contributed by atoms with Crippen molar-refractivity contribution in [1.82, 2.24) is 10.2 Å². The second kappa shape index (κ2) is 12.1. The number of halogens is 1. The van der Waals surface area contributed by atoms with Crippen molar-refractivity contribution < 1.29 is 18.0 Å². The van der Waals surface area contributed by atoms with Gasteiger partial charge in [0.2, 0.25) is 21.8 Å². The van der Waals surface area contributed by atoms with E-state index in [4.69, 9.17) is 11.6 Å². The van der Waals surface area contributed by atoms with Crippen LogP contribution in [0.25, 0.3) is 0 Å². The first-order valence-electron chi connectivity index (χ1n) is 11.4. The minimum Gasteiger partial charge on any atom is -0.357 e. The van der Waals surface area contributed by atoms with Gasteiger partial charge in [0.15, 0.2) is 0 Å². The highest BCUT2D eigenvalue weighted by Gasteiger charge is 2.32. The number of carbonyl (C=O) groups is 2. The van der Waals surface area contributed by atoms with E-state index in [-0.39, 0.29) is 18.9 Å². The zero-order valence-electron chi connectivity index (χ0n) is 20.5. The lowest BCUT2D eigenvalue weighted by Crippen LogP contribution is -2.53. The number of rotatable bonds is 10. The van der Waals surface area contributed by atoms with Crippen LogP contribution in [0, 0.1) is 6.92 Å². The van der Waals surface area contributed by atoms with Crippen molar-refractivity contribution in [2.24, 2.45) is 0 Å². The average Bonchev–Trinajstić information content (AvgIpc) is 2.85. The molecule has 190 valence electrons. The molecule has 0 aliphatic rings. The molecule has 0 bridgehead atoms. The summed E-state index contributed by atoms with van der Waals surface area (Å²) in [5.41, 5.74) is 2.67. The molecular formula is C27H30ClN3O4S. The van der Waals surface area contributed by atoms with E-state index in [2.05, 4.69) is 5.32 Å². The Bertz CT molecular complexity index is 1300. The quantitative estimate of drug-likeness (QED) is 0.434. The minimum atomic E-state index is -3.82. The van der Waals surface area contributed by atoms with Gasteiger partial charge in [-0.05, 0) is 41.8 Å². The summed E-state index contributed by atoms with van der Waals surface area (Å²) in [4.78, 5) is 28.3. The SMILES string of the molecule is CNC(=O)[C@@H](Cc1ccccc1)N(Cc1ccccc1)C(=O)CN(c1ccc(Cl)cc1C)S(C)(=O)=O. The zero-order chi connectivity index (χ0) is 26.3. The van der Waals surface area contributed by atoms with Crippen LogP contribution in [0.1, 0.15) is 16.7 Å². The number of carbonyl (C=O) groups excluding carboxylic acids is 2. The van der Waals surface area contributed by atoms with E-state index in [1.54, 1.807) is 25.1 Å². The van der Waals surface area contributed by atoms with Crippen LogP contribution in [0.4, 0.5) is 5.69 Å². The molecule has 0 radical (unpaired) electrons. The highest BCUT2D eigenvalue weighted by Crippen LogP contribution is 2.26. The third-order valence-corrected chi connectivity index (χ3v) is 7.18. The van der Waals surface area contributed by atoms with Crippen LogP contribution < -0.4 is 9.62 Å². The Kier molecular flexibility index (Phi) is 9.12. The number of hydrogen-bond acceptors (Lipinski definition) is 4. The molecule has 0 spiro atoms. The van der Waals surface area contributed by atoms with Crippen molar-refractivity contribution in [3.63, 3.8) is 0 Å². The number of hydrogen-bond donors (Lipinski definition) is 1. The standard InChI is InChI=1S/C27H30ClN3O4S/c1-20-16-23(28)14-15-24(20)31(36(3,34)35)19-26(32)30(18-22-12-8-5-9-13-22)25(27(33)29-2)17-21-10-6-4-7-11-21/h4-16,25H,17-19H2,1-3H3,(H,29,33)/t25-/m1/s1. The summed E-state index contributed by atoms with van der Waals surface area (Å²) in [6.07, 6.45) is 1.33. The fourth-order valence-electron chi connectivity index (χ4n) is 3.99. The van der Waals surface area contributed by atoms with Gasteiger partial charge in [0.25, 0.3) is 0 Å². The van der Waals surface area contributed by atoms with Crippen LogP contribution in [0.15, 0.2) is 78.9 Å². The van der Waals surface area contributed by atoms with Gasteiger partial charge in [0.1, 0.15) is 12.6 Å². The Morgan fingerprint density at radius 1 is 0.944 bits per heavy atom. The van der Waals surface area contributed by atoms with E-state index < -0.39 is 28.5 Å². The molecular weight excluding hydrogens is 498 g/mol. The van der Waals surface area contributed by atoms with Gasteiger partial charge in [-0.1, -0.05) is 72.3 Å². The Labute approximate surface area is 217 Å². The molecule has 0 saturated heterocycles. The van der Waals surface area contributed by atoms with E-state index in [0.717, 1.165) is 21.7 Å². The number of anilines is 1. The zero-order valence-corrected chi connectivity index (χ0v) is 22.1. The summed E-state index contributed by atoms with van der Waals surface area (Å²) in [6.45, 7) is 1.41. The van der Waals surface area contributed by atoms with Crippen molar-refractivity contribution in [2.75, 3.05) is 24.2 Å². The molecule has 3 rings (SSSR count). The molecule has 1 atom stereocenters. The van der Waals surface area contributed by atoms with Gasteiger partial charge in [-0.15, -0.1) is 0 Å². The van der Waals surface area contributed by atoms with Crippen molar-refractivity contribution in [2.45, 2.75) is 25.9 Å². The third kappa shape index (κ3) is 7.08. The molecule has 0 aliphatic carbocycles. The van der Waals surface area contributed by atoms with Crippen molar-refractivity contribution in [1.29, 1.82) is 0 Å². The summed E-state index contributed by atoms with van der Waals surface area (Å²) in [5.74, 6) is -0.833. The first-order valence-corrected chi connectivity index (χ1v) is 13.7. The summed E-state index contributed by atoms with van der Waals surface area (Å²) < 4.78 is 26.6. The minimum absolute atomic E-state index is 0.141. The lowest BCUT2D eigenvalue weighted by atomic mass is 10.0. The molecule has 0 aromatic heterocycles. The van der Waals surface area contributed by atoms with Crippen LogP contribution in [0.2, 0.25) is 5.02 Å². The molecule has 2 amide bonds. The number of nitrogens with one attached hydrogen (secondary N) is 1. The second-order valence-corrected chi connectivity index (χ2v) is 10.9. The average molecular weight is 528 g/mol. The van der Waals surface area contributed by atoms with Gasteiger partial charge >= 0.3 is 0 Å². The maximum Gasteiger partial charge on any atom is 0.244 e. The Morgan fingerprint density at radius 3 is 2.06 bits per heavy atom. The third-order valence-electron chi connectivity index (χ3n) is 5.82. The topological polar surface area (TPSA) is 86.8 Å². The van der Waals surface area contributed by atoms with E-state index >= 15 is 0 Å². The molecule has 3 aromatic rings. The summed E-state index contributed by atoms with van der Waals surface area (Å²) >= 11 is 6.06. The molecule has 0 aliphatic heterocycles. The number of aryl methyl sites for hydroxylation is 1. The van der Waals surface area contributed by atoms with E-state index in [9.17, 15) is 18.0 Å². The fraction of sp³-hybridized carbons (Fsp3) is 0.259. The molecule has 3 aromatic carbocycles. The second-order valence-electron chi connectivity index (χ2n) is 8.53. The van der Waals surface area contributed by atoms with Gasteiger partial charge in [-0.25, -0.2) is 8.42 Å². The molecule has 9 heteroatoms. The smallest absolute Gasteiger partial charge is 0.244 e. The molecule has 0 fully saturated rings. The molecule has 7 nitrogen and oxygen atoms in total. The maximum absolute atomic E-state index is 13.8. The lowest BCUT2D eigenvalue weighted by Gasteiger charge is -2.33. The van der Waals surface area contributed by atoms with Gasteiger partial charge in [0, 0.05) is 25.0 Å². The van der Waals surface area contributed by atoms with Gasteiger partial charge in [0.05, 0.1) is 11.9 Å².